The van der Waals surface area contributed by atoms with Crippen LogP contribution in [0.5, 0.6) is 17.4 Å². The SMILES string of the molecule is Oc1cc2ccccc2cc1Oc1ncc(Br)cc1Br. The summed E-state index contributed by atoms with van der Waals surface area (Å²) in [6.07, 6.45) is 1.64. The Hall–Kier alpha value is -1.59. The van der Waals surface area contributed by atoms with E-state index in [-0.39, 0.29) is 5.75 Å². The third-order valence-corrected chi connectivity index (χ3v) is 3.81. The standard InChI is InChI=1S/C15H9Br2NO2/c16-11-7-12(17)15(18-8-11)20-14-6-10-4-2-1-3-9(10)5-13(14)19/h1-8,19H. The van der Waals surface area contributed by atoms with Crippen LogP contribution in [0.1, 0.15) is 0 Å². The van der Waals surface area contributed by atoms with Gasteiger partial charge in [0.05, 0.1) is 4.47 Å². The molecule has 0 fully saturated rings. The van der Waals surface area contributed by atoms with Gasteiger partial charge in [0.25, 0.3) is 0 Å². The van der Waals surface area contributed by atoms with Crippen LogP contribution >= 0.6 is 31.9 Å². The quantitative estimate of drug-likeness (QED) is 0.644. The van der Waals surface area contributed by atoms with Gasteiger partial charge < -0.3 is 9.84 Å². The molecule has 3 rings (SSSR count). The maximum Gasteiger partial charge on any atom is 0.233 e. The Bertz CT molecular complexity index is 790. The van der Waals surface area contributed by atoms with Crippen LogP contribution in [0.15, 0.2) is 57.6 Å². The first kappa shape index (κ1) is 13.4. The number of phenols is 1. The van der Waals surface area contributed by atoms with Gasteiger partial charge in [-0.05, 0) is 60.8 Å². The molecule has 0 bridgehead atoms. The number of hydrogen-bond acceptors (Lipinski definition) is 3. The summed E-state index contributed by atoms with van der Waals surface area (Å²) < 4.78 is 7.23. The van der Waals surface area contributed by atoms with E-state index in [0.717, 1.165) is 15.2 Å². The van der Waals surface area contributed by atoms with Gasteiger partial charge in [0.2, 0.25) is 5.88 Å². The lowest BCUT2D eigenvalue weighted by Crippen LogP contribution is -1.90. The zero-order valence-corrected chi connectivity index (χ0v) is 13.3. The molecule has 0 aliphatic rings. The Balaban J connectivity index is 2.03. The van der Waals surface area contributed by atoms with Crippen molar-refractivity contribution in [1.29, 1.82) is 0 Å². The molecule has 0 atom stereocenters. The summed E-state index contributed by atoms with van der Waals surface area (Å²) in [5, 5.41) is 12.0. The van der Waals surface area contributed by atoms with Gasteiger partial charge in [-0.1, -0.05) is 24.3 Å². The fraction of sp³-hybridized carbons (Fsp3) is 0. The Kier molecular flexibility index (Phi) is 3.63. The number of ether oxygens (including phenoxy) is 1. The smallest absolute Gasteiger partial charge is 0.233 e. The zero-order valence-electron chi connectivity index (χ0n) is 10.2. The van der Waals surface area contributed by atoms with E-state index in [9.17, 15) is 5.11 Å². The molecule has 0 spiro atoms. The largest absolute Gasteiger partial charge is 0.504 e. The normalized spacial score (nSPS) is 10.7. The van der Waals surface area contributed by atoms with E-state index in [1.807, 2.05) is 30.3 Å². The molecule has 100 valence electrons. The highest BCUT2D eigenvalue weighted by Gasteiger charge is 2.10. The van der Waals surface area contributed by atoms with Gasteiger partial charge in [0, 0.05) is 10.7 Å². The minimum atomic E-state index is 0.0836. The van der Waals surface area contributed by atoms with Gasteiger partial charge >= 0.3 is 0 Å². The Morgan fingerprint density at radius 3 is 2.40 bits per heavy atom. The van der Waals surface area contributed by atoms with Crippen LogP contribution in [0, 0.1) is 0 Å². The third kappa shape index (κ3) is 2.64. The summed E-state index contributed by atoms with van der Waals surface area (Å²) in [6.45, 7) is 0. The molecule has 0 unspecified atom stereocenters. The van der Waals surface area contributed by atoms with Gasteiger partial charge in [0.15, 0.2) is 11.5 Å². The molecule has 1 heterocycles. The van der Waals surface area contributed by atoms with Gasteiger partial charge in [-0.2, -0.15) is 0 Å². The summed E-state index contributed by atoms with van der Waals surface area (Å²) in [5.41, 5.74) is 0. The van der Waals surface area contributed by atoms with E-state index in [0.29, 0.717) is 16.1 Å². The summed E-state index contributed by atoms with van der Waals surface area (Å²) in [7, 11) is 0. The van der Waals surface area contributed by atoms with Crippen molar-refractivity contribution in [3.63, 3.8) is 0 Å². The third-order valence-electron chi connectivity index (χ3n) is 2.81. The van der Waals surface area contributed by atoms with Crippen LogP contribution in [-0.4, -0.2) is 10.1 Å². The highest BCUT2D eigenvalue weighted by molar-refractivity contribution is 9.11. The minimum Gasteiger partial charge on any atom is -0.504 e. The lowest BCUT2D eigenvalue weighted by atomic mass is 10.1. The predicted octanol–water partition coefficient (Wildman–Crippen LogP) is 5.26. The molecule has 0 saturated heterocycles. The molecule has 20 heavy (non-hydrogen) atoms. The highest BCUT2D eigenvalue weighted by Crippen LogP contribution is 2.36. The van der Waals surface area contributed by atoms with Crippen LogP contribution in [0.3, 0.4) is 0 Å². The van der Waals surface area contributed by atoms with E-state index >= 15 is 0 Å². The van der Waals surface area contributed by atoms with Crippen molar-refractivity contribution in [2.75, 3.05) is 0 Å². The maximum absolute atomic E-state index is 10.0. The molecule has 5 heteroatoms. The number of pyridine rings is 1. The lowest BCUT2D eigenvalue weighted by molar-refractivity contribution is 0.402. The molecule has 0 radical (unpaired) electrons. The molecule has 1 N–H and O–H groups in total. The van der Waals surface area contributed by atoms with E-state index in [2.05, 4.69) is 36.8 Å². The Morgan fingerprint density at radius 1 is 1.00 bits per heavy atom. The highest BCUT2D eigenvalue weighted by atomic mass is 79.9. The van der Waals surface area contributed by atoms with Crippen LogP contribution < -0.4 is 4.74 Å². The van der Waals surface area contributed by atoms with Crippen molar-refractivity contribution >= 4 is 42.6 Å². The molecule has 0 saturated carbocycles. The Morgan fingerprint density at radius 2 is 1.70 bits per heavy atom. The second kappa shape index (κ2) is 5.42. The number of halogens is 2. The fourth-order valence-electron chi connectivity index (χ4n) is 1.87. The second-order valence-electron chi connectivity index (χ2n) is 4.21. The average Bonchev–Trinajstić information content (AvgIpc) is 2.42. The average molecular weight is 395 g/mol. The topological polar surface area (TPSA) is 42.4 Å². The zero-order chi connectivity index (χ0) is 14.1. The predicted molar refractivity (Wildman–Crippen MR) is 85.3 cm³/mol. The number of aromatic nitrogens is 1. The van der Waals surface area contributed by atoms with E-state index < -0.39 is 0 Å². The Labute approximate surface area is 132 Å². The summed E-state index contributed by atoms with van der Waals surface area (Å²) in [5.74, 6) is 0.860. The molecular formula is C15H9Br2NO2. The maximum atomic E-state index is 10.0. The number of aromatic hydroxyl groups is 1. The first-order chi connectivity index (χ1) is 9.63. The van der Waals surface area contributed by atoms with Gasteiger partial charge in [-0.25, -0.2) is 4.98 Å². The van der Waals surface area contributed by atoms with Crippen LogP contribution in [-0.2, 0) is 0 Å². The number of phenolic OH excluding ortho intramolecular Hbond substituents is 1. The van der Waals surface area contributed by atoms with Crippen molar-refractivity contribution in [1.82, 2.24) is 4.98 Å². The monoisotopic (exact) mass is 393 g/mol. The molecule has 1 aromatic heterocycles. The first-order valence-corrected chi connectivity index (χ1v) is 7.43. The van der Waals surface area contributed by atoms with Crippen LogP contribution in [0.2, 0.25) is 0 Å². The van der Waals surface area contributed by atoms with E-state index in [1.165, 1.54) is 0 Å². The molecule has 3 nitrogen and oxygen atoms in total. The molecular weight excluding hydrogens is 386 g/mol. The molecule has 0 aliphatic carbocycles. The first-order valence-electron chi connectivity index (χ1n) is 5.84. The number of benzene rings is 2. The van der Waals surface area contributed by atoms with Gasteiger partial charge in [-0.15, -0.1) is 0 Å². The number of rotatable bonds is 2. The molecule has 0 aliphatic heterocycles. The lowest BCUT2D eigenvalue weighted by Gasteiger charge is -2.09. The van der Waals surface area contributed by atoms with Crippen molar-refractivity contribution in [3.8, 4) is 17.4 Å². The number of hydrogen-bond donors (Lipinski definition) is 1. The number of fused-ring (bicyclic) bond motifs is 1. The molecule has 2 aromatic carbocycles. The number of nitrogens with zero attached hydrogens (tertiary/aromatic N) is 1. The second-order valence-corrected chi connectivity index (χ2v) is 5.98. The van der Waals surface area contributed by atoms with Gasteiger partial charge in [0.1, 0.15) is 0 Å². The van der Waals surface area contributed by atoms with E-state index in [4.69, 9.17) is 4.74 Å². The molecule has 3 aromatic rings. The van der Waals surface area contributed by atoms with Crippen LogP contribution in [0.4, 0.5) is 0 Å². The minimum absolute atomic E-state index is 0.0836. The van der Waals surface area contributed by atoms with Crippen molar-refractivity contribution < 1.29 is 9.84 Å². The summed E-state index contributed by atoms with van der Waals surface area (Å²) in [4.78, 5) is 4.17. The van der Waals surface area contributed by atoms with Crippen molar-refractivity contribution in [2.45, 2.75) is 0 Å². The molecule has 0 amide bonds. The fourth-order valence-corrected chi connectivity index (χ4v) is 2.94. The summed E-state index contributed by atoms with van der Waals surface area (Å²) in [6, 6.07) is 13.1. The van der Waals surface area contributed by atoms with Crippen molar-refractivity contribution in [2.24, 2.45) is 0 Å². The summed E-state index contributed by atoms with van der Waals surface area (Å²) >= 11 is 6.71. The van der Waals surface area contributed by atoms with Crippen molar-refractivity contribution in [3.05, 3.63) is 57.6 Å². The van der Waals surface area contributed by atoms with Crippen LogP contribution in [0.25, 0.3) is 10.8 Å². The van der Waals surface area contributed by atoms with Gasteiger partial charge in [-0.3, -0.25) is 0 Å². The van der Waals surface area contributed by atoms with E-state index in [1.54, 1.807) is 18.3 Å².